The fraction of sp³-hybridized carbons (Fsp3) is 0.100. The first-order valence-electron chi connectivity index (χ1n) is 3.62. The number of halogens is 1. The van der Waals surface area contributed by atoms with Crippen molar-refractivity contribution in [2.24, 2.45) is 0 Å². The summed E-state index contributed by atoms with van der Waals surface area (Å²) in [6, 6.07) is 5.62. The Morgan fingerprint density at radius 3 is 2.75 bits per heavy atom. The largest absolute Gasteiger partial charge is 0.299 e. The number of benzene rings is 1. The number of carbonyl (C=O) groups is 1. The third kappa shape index (κ3) is 2.21. The van der Waals surface area contributed by atoms with Gasteiger partial charge in [0, 0.05) is 5.02 Å². The van der Waals surface area contributed by atoms with E-state index >= 15 is 0 Å². The molecule has 0 aliphatic carbocycles. The highest BCUT2D eigenvalue weighted by atomic mass is 35.5. The van der Waals surface area contributed by atoms with Crippen molar-refractivity contribution in [2.75, 3.05) is 0 Å². The van der Waals surface area contributed by atoms with Gasteiger partial charge in [0.05, 0.1) is 0 Å². The molecule has 1 rings (SSSR count). The fourth-order valence-electron chi connectivity index (χ4n) is 0.922. The van der Waals surface area contributed by atoms with Crippen molar-refractivity contribution in [3.63, 3.8) is 0 Å². The number of rotatable bonds is 2. The number of hydrogen-bond donors (Lipinski definition) is 0. The van der Waals surface area contributed by atoms with Gasteiger partial charge in [-0.15, -0.1) is 0 Å². The Hall–Kier alpha value is -1.08. The summed E-state index contributed by atoms with van der Waals surface area (Å²) in [5, 5.41) is 0.748. The molecule has 0 spiro atoms. The van der Waals surface area contributed by atoms with E-state index in [1.54, 1.807) is 6.08 Å². The summed E-state index contributed by atoms with van der Waals surface area (Å²) in [4.78, 5) is 10.0. The van der Waals surface area contributed by atoms with Crippen LogP contribution in [0.4, 0.5) is 0 Å². The summed E-state index contributed by atoms with van der Waals surface area (Å²) < 4.78 is 0. The lowest BCUT2D eigenvalue weighted by atomic mass is 10.1. The van der Waals surface area contributed by atoms with Gasteiger partial charge in [0.2, 0.25) is 0 Å². The summed E-state index contributed by atoms with van der Waals surface area (Å²) in [5.74, 6) is 0. The Balaban J connectivity index is 2.96. The van der Waals surface area contributed by atoms with E-state index < -0.39 is 0 Å². The Morgan fingerprint density at radius 1 is 1.42 bits per heavy atom. The van der Waals surface area contributed by atoms with E-state index in [1.165, 1.54) is 6.08 Å². The Bertz CT molecular complexity index is 316. The molecule has 2 heteroatoms. The molecule has 0 amide bonds. The number of allylic oxidation sites excluding steroid dienone is 1. The summed E-state index contributed by atoms with van der Waals surface area (Å²) in [6.45, 7) is 1.93. The molecule has 0 aromatic heterocycles. The fourth-order valence-corrected chi connectivity index (χ4v) is 1.04. The molecular formula is C10H9ClO. The molecule has 0 bridgehead atoms. The molecule has 0 unspecified atom stereocenters. The van der Waals surface area contributed by atoms with Crippen LogP contribution in [0.1, 0.15) is 11.1 Å². The minimum absolute atomic E-state index is 0.748. The summed E-state index contributed by atoms with van der Waals surface area (Å²) >= 11 is 5.82. The van der Waals surface area contributed by atoms with Gasteiger partial charge in [-0.2, -0.15) is 0 Å². The third-order valence-corrected chi connectivity index (χ3v) is 1.97. The molecule has 0 heterocycles. The highest BCUT2D eigenvalue weighted by Crippen LogP contribution is 2.16. The minimum atomic E-state index is 0.748. The summed E-state index contributed by atoms with van der Waals surface area (Å²) in [7, 11) is 0. The van der Waals surface area contributed by atoms with Crippen molar-refractivity contribution in [2.45, 2.75) is 6.92 Å². The van der Waals surface area contributed by atoms with Crippen LogP contribution in [0.15, 0.2) is 24.3 Å². The van der Waals surface area contributed by atoms with E-state index in [4.69, 9.17) is 11.6 Å². The zero-order valence-corrected chi connectivity index (χ0v) is 7.51. The van der Waals surface area contributed by atoms with Gasteiger partial charge in [0.15, 0.2) is 0 Å². The van der Waals surface area contributed by atoms with E-state index in [9.17, 15) is 4.79 Å². The monoisotopic (exact) mass is 180 g/mol. The molecule has 0 radical (unpaired) electrons. The van der Waals surface area contributed by atoms with Crippen molar-refractivity contribution in [3.8, 4) is 0 Å². The number of aryl methyl sites for hydroxylation is 1. The van der Waals surface area contributed by atoms with Crippen molar-refractivity contribution < 1.29 is 4.79 Å². The first-order valence-corrected chi connectivity index (χ1v) is 4.00. The quantitative estimate of drug-likeness (QED) is 0.505. The van der Waals surface area contributed by atoms with Gasteiger partial charge < -0.3 is 0 Å². The average molecular weight is 181 g/mol. The smallest absolute Gasteiger partial charge is 0.142 e. The predicted molar refractivity (Wildman–Crippen MR) is 51.3 cm³/mol. The van der Waals surface area contributed by atoms with E-state index in [0.29, 0.717) is 0 Å². The first-order chi connectivity index (χ1) is 5.74. The first kappa shape index (κ1) is 9.01. The van der Waals surface area contributed by atoms with E-state index in [0.717, 1.165) is 22.4 Å². The highest BCUT2D eigenvalue weighted by molar-refractivity contribution is 6.31. The second-order valence-electron chi connectivity index (χ2n) is 2.50. The molecular weight excluding hydrogens is 172 g/mol. The van der Waals surface area contributed by atoms with Gasteiger partial charge in [0.25, 0.3) is 0 Å². The average Bonchev–Trinajstić information content (AvgIpc) is 2.07. The van der Waals surface area contributed by atoms with Gasteiger partial charge in [-0.3, -0.25) is 4.79 Å². The molecule has 0 aliphatic rings. The summed E-state index contributed by atoms with van der Waals surface area (Å²) in [6.07, 6.45) is 3.96. The van der Waals surface area contributed by atoms with Crippen LogP contribution in [-0.2, 0) is 4.79 Å². The Labute approximate surface area is 76.7 Å². The van der Waals surface area contributed by atoms with Crippen LogP contribution in [0.2, 0.25) is 5.02 Å². The molecule has 1 aromatic rings. The van der Waals surface area contributed by atoms with Crippen LogP contribution in [0.25, 0.3) is 6.08 Å². The molecule has 0 atom stereocenters. The molecule has 0 aliphatic heterocycles. The SMILES string of the molecule is Cc1cc(/C=C/C=O)ccc1Cl. The topological polar surface area (TPSA) is 17.1 Å². The van der Waals surface area contributed by atoms with Gasteiger partial charge in [-0.25, -0.2) is 0 Å². The molecule has 0 fully saturated rings. The van der Waals surface area contributed by atoms with Crippen molar-refractivity contribution in [1.29, 1.82) is 0 Å². The number of carbonyl (C=O) groups excluding carboxylic acids is 1. The van der Waals surface area contributed by atoms with E-state index in [1.807, 2.05) is 25.1 Å². The Kier molecular flexibility index (Phi) is 3.06. The van der Waals surface area contributed by atoms with Crippen molar-refractivity contribution in [3.05, 3.63) is 40.4 Å². The van der Waals surface area contributed by atoms with Crippen LogP contribution in [0, 0.1) is 6.92 Å². The van der Waals surface area contributed by atoms with Crippen molar-refractivity contribution in [1.82, 2.24) is 0 Å². The molecule has 0 N–H and O–H groups in total. The van der Waals surface area contributed by atoms with Crippen molar-refractivity contribution >= 4 is 24.0 Å². The van der Waals surface area contributed by atoms with Crippen LogP contribution in [-0.4, -0.2) is 6.29 Å². The van der Waals surface area contributed by atoms with E-state index in [-0.39, 0.29) is 0 Å². The second-order valence-corrected chi connectivity index (χ2v) is 2.91. The molecule has 1 aromatic carbocycles. The Morgan fingerprint density at radius 2 is 2.17 bits per heavy atom. The molecule has 1 nitrogen and oxygen atoms in total. The predicted octanol–water partition coefficient (Wildman–Crippen LogP) is 2.86. The number of hydrogen-bond acceptors (Lipinski definition) is 1. The molecule has 0 saturated heterocycles. The third-order valence-electron chi connectivity index (χ3n) is 1.55. The maximum Gasteiger partial charge on any atom is 0.142 e. The van der Waals surface area contributed by atoms with Crippen LogP contribution < -0.4 is 0 Å². The lowest BCUT2D eigenvalue weighted by Crippen LogP contribution is -1.77. The second kappa shape index (κ2) is 4.07. The lowest BCUT2D eigenvalue weighted by molar-refractivity contribution is -0.104. The zero-order chi connectivity index (χ0) is 8.97. The molecule has 0 saturated carbocycles. The van der Waals surface area contributed by atoms with Gasteiger partial charge in [-0.05, 0) is 30.2 Å². The standard InChI is InChI=1S/C10H9ClO/c1-8-7-9(3-2-6-12)4-5-10(8)11/h2-7H,1H3/b3-2+. The highest BCUT2D eigenvalue weighted by Gasteiger charge is 1.93. The van der Waals surface area contributed by atoms with Gasteiger partial charge in [-0.1, -0.05) is 29.8 Å². The van der Waals surface area contributed by atoms with Crippen LogP contribution in [0.5, 0.6) is 0 Å². The molecule has 12 heavy (non-hydrogen) atoms. The zero-order valence-electron chi connectivity index (χ0n) is 6.75. The van der Waals surface area contributed by atoms with Gasteiger partial charge in [0.1, 0.15) is 6.29 Å². The van der Waals surface area contributed by atoms with E-state index in [2.05, 4.69) is 0 Å². The van der Waals surface area contributed by atoms with Crippen LogP contribution >= 0.6 is 11.6 Å². The number of aldehydes is 1. The van der Waals surface area contributed by atoms with Gasteiger partial charge >= 0.3 is 0 Å². The molecule has 62 valence electrons. The summed E-state index contributed by atoms with van der Waals surface area (Å²) in [5.41, 5.74) is 2.01. The maximum absolute atomic E-state index is 10.0. The van der Waals surface area contributed by atoms with Crippen LogP contribution in [0.3, 0.4) is 0 Å². The maximum atomic E-state index is 10.0. The minimum Gasteiger partial charge on any atom is -0.299 e. The normalized spacial score (nSPS) is 10.5. The lowest BCUT2D eigenvalue weighted by Gasteiger charge is -1.97.